The Labute approximate surface area is 98.3 Å². The molecule has 0 aliphatic heterocycles. The van der Waals surface area contributed by atoms with Gasteiger partial charge >= 0.3 is 5.69 Å². The number of rotatable bonds is 4. The van der Waals surface area contributed by atoms with Crippen molar-refractivity contribution in [1.82, 2.24) is 4.98 Å². The van der Waals surface area contributed by atoms with Gasteiger partial charge in [-0.25, -0.2) is 13.8 Å². The second-order valence-electron chi connectivity index (χ2n) is 2.77. The third kappa shape index (κ3) is 2.47. The summed E-state index contributed by atoms with van der Waals surface area (Å²) >= 11 is 5.03. The number of methoxy groups -OCH3 is 1. The van der Waals surface area contributed by atoms with Crippen molar-refractivity contribution in [2.24, 2.45) is 0 Å². The molecular weight excluding hydrogens is 262 g/mol. The minimum absolute atomic E-state index is 0.478. The molecule has 9 heteroatoms. The summed E-state index contributed by atoms with van der Waals surface area (Å²) < 4.78 is 30.0. The van der Waals surface area contributed by atoms with Gasteiger partial charge in [-0.3, -0.25) is 14.9 Å². The van der Waals surface area contributed by atoms with E-state index in [1.807, 2.05) is 0 Å². The molecule has 0 fully saturated rings. The molecule has 0 aromatic carbocycles. The van der Waals surface area contributed by atoms with Crippen LogP contribution in [0.1, 0.15) is 22.5 Å². The number of hydrogen-bond acceptors (Lipinski definition) is 5. The van der Waals surface area contributed by atoms with Gasteiger partial charge in [0.1, 0.15) is 5.56 Å². The summed E-state index contributed by atoms with van der Waals surface area (Å²) in [6.45, 7) is 0. The molecule has 1 aromatic rings. The molecule has 0 spiro atoms. The molecular formula is C8H5ClF2N2O4. The Morgan fingerprint density at radius 3 is 2.59 bits per heavy atom. The SMILES string of the molecule is COc1cnc(C(=O)Cl)c([N+](=O)[O-])c1C(F)F. The molecule has 0 radical (unpaired) electrons. The Kier molecular flexibility index (Phi) is 3.89. The highest BCUT2D eigenvalue weighted by molar-refractivity contribution is 6.67. The minimum atomic E-state index is -3.19. The zero-order chi connectivity index (χ0) is 13.2. The summed E-state index contributed by atoms with van der Waals surface area (Å²) in [6, 6.07) is 0. The van der Waals surface area contributed by atoms with E-state index < -0.39 is 39.3 Å². The average molecular weight is 267 g/mol. The molecule has 0 aliphatic rings. The highest BCUT2D eigenvalue weighted by Gasteiger charge is 2.33. The van der Waals surface area contributed by atoms with Crippen molar-refractivity contribution in [2.75, 3.05) is 7.11 Å². The van der Waals surface area contributed by atoms with E-state index in [2.05, 4.69) is 9.72 Å². The molecule has 17 heavy (non-hydrogen) atoms. The van der Waals surface area contributed by atoms with Gasteiger partial charge in [0.25, 0.3) is 11.7 Å². The maximum Gasteiger partial charge on any atom is 0.312 e. The molecule has 0 saturated heterocycles. The van der Waals surface area contributed by atoms with Gasteiger partial charge in [-0.1, -0.05) is 0 Å². The van der Waals surface area contributed by atoms with Gasteiger partial charge in [0.2, 0.25) is 5.69 Å². The van der Waals surface area contributed by atoms with Crippen LogP contribution in [0, 0.1) is 10.1 Å². The van der Waals surface area contributed by atoms with Crippen molar-refractivity contribution in [3.63, 3.8) is 0 Å². The van der Waals surface area contributed by atoms with E-state index in [9.17, 15) is 23.7 Å². The number of halogens is 3. The fraction of sp³-hybridized carbons (Fsp3) is 0.250. The normalized spacial score (nSPS) is 10.4. The lowest BCUT2D eigenvalue weighted by Crippen LogP contribution is -2.07. The number of alkyl halides is 2. The molecule has 0 unspecified atom stereocenters. The third-order valence-corrected chi connectivity index (χ3v) is 2.04. The summed E-state index contributed by atoms with van der Waals surface area (Å²) in [7, 11) is 1.05. The van der Waals surface area contributed by atoms with Crippen molar-refractivity contribution in [3.05, 3.63) is 27.6 Å². The Bertz CT molecular complexity index is 481. The number of pyridine rings is 1. The fourth-order valence-electron chi connectivity index (χ4n) is 1.20. The first-order chi connectivity index (χ1) is 7.90. The zero-order valence-electron chi connectivity index (χ0n) is 8.32. The first-order valence-corrected chi connectivity index (χ1v) is 4.47. The van der Waals surface area contributed by atoms with Gasteiger partial charge in [-0.2, -0.15) is 0 Å². The maximum atomic E-state index is 12.7. The van der Waals surface area contributed by atoms with E-state index >= 15 is 0 Å². The molecule has 1 rings (SSSR count). The molecule has 1 aromatic heterocycles. The van der Waals surface area contributed by atoms with Crippen molar-refractivity contribution in [1.29, 1.82) is 0 Å². The molecule has 6 nitrogen and oxygen atoms in total. The van der Waals surface area contributed by atoms with Gasteiger partial charge < -0.3 is 4.74 Å². The lowest BCUT2D eigenvalue weighted by molar-refractivity contribution is -0.386. The molecule has 1 heterocycles. The lowest BCUT2D eigenvalue weighted by atomic mass is 10.1. The van der Waals surface area contributed by atoms with E-state index in [1.54, 1.807) is 0 Å². The predicted molar refractivity (Wildman–Crippen MR) is 52.6 cm³/mol. The van der Waals surface area contributed by atoms with Gasteiger partial charge in [0, 0.05) is 0 Å². The summed E-state index contributed by atoms with van der Waals surface area (Å²) in [4.78, 5) is 23.7. The van der Waals surface area contributed by atoms with Crippen LogP contribution in [0.25, 0.3) is 0 Å². The molecule has 0 saturated carbocycles. The van der Waals surface area contributed by atoms with E-state index in [0.717, 1.165) is 13.3 Å². The van der Waals surface area contributed by atoms with Crippen molar-refractivity contribution >= 4 is 22.5 Å². The fourth-order valence-corrected chi connectivity index (χ4v) is 1.34. The van der Waals surface area contributed by atoms with Gasteiger partial charge in [0.05, 0.1) is 18.2 Å². The number of carbonyl (C=O) groups excluding carboxylic acids is 1. The quantitative estimate of drug-likeness (QED) is 0.474. The van der Waals surface area contributed by atoms with Crippen LogP contribution in [0.2, 0.25) is 0 Å². The summed E-state index contributed by atoms with van der Waals surface area (Å²) in [5.74, 6) is -0.478. The second-order valence-corrected chi connectivity index (χ2v) is 3.11. The number of ether oxygens (including phenoxy) is 1. The second kappa shape index (κ2) is 5.00. The van der Waals surface area contributed by atoms with Crippen LogP contribution in [0.15, 0.2) is 6.20 Å². The van der Waals surface area contributed by atoms with E-state index in [-0.39, 0.29) is 0 Å². The Balaban J connectivity index is 3.65. The first kappa shape index (κ1) is 13.2. The van der Waals surface area contributed by atoms with E-state index in [1.165, 1.54) is 0 Å². The number of carbonyl (C=O) groups is 1. The van der Waals surface area contributed by atoms with Crippen molar-refractivity contribution < 1.29 is 23.2 Å². The van der Waals surface area contributed by atoms with Crippen LogP contribution >= 0.6 is 11.6 Å². The molecule has 0 bridgehead atoms. The van der Waals surface area contributed by atoms with Crippen molar-refractivity contribution in [2.45, 2.75) is 6.43 Å². The zero-order valence-corrected chi connectivity index (χ0v) is 9.07. The van der Waals surface area contributed by atoms with Crippen LogP contribution in [-0.2, 0) is 0 Å². The average Bonchev–Trinajstić information content (AvgIpc) is 2.26. The number of hydrogen-bond donors (Lipinski definition) is 0. The number of nitrogens with zero attached hydrogens (tertiary/aromatic N) is 2. The van der Waals surface area contributed by atoms with Crippen LogP contribution < -0.4 is 4.74 Å². The van der Waals surface area contributed by atoms with Gasteiger partial charge in [0.15, 0.2) is 5.75 Å². The largest absolute Gasteiger partial charge is 0.494 e. The van der Waals surface area contributed by atoms with Gasteiger partial charge in [-0.15, -0.1) is 0 Å². The predicted octanol–water partition coefficient (Wildman–Crippen LogP) is 2.32. The molecule has 0 atom stereocenters. The van der Waals surface area contributed by atoms with Crippen LogP contribution in [-0.4, -0.2) is 22.3 Å². The smallest absolute Gasteiger partial charge is 0.312 e. The first-order valence-electron chi connectivity index (χ1n) is 4.09. The molecule has 92 valence electrons. The minimum Gasteiger partial charge on any atom is -0.494 e. The summed E-state index contributed by atoms with van der Waals surface area (Å²) in [6.07, 6.45) is -2.41. The molecule has 0 amide bonds. The molecule has 0 N–H and O–H groups in total. The maximum absolute atomic E-state index is 12.7. The standard InChI is InChI=1S/C8H5ClF2N2O4/c1-17-3-2-12-5(7(9)14)6(13(15)16)4(3)8(10)11/h2,8H,1H3. The third-order valence-electron chi connectivity index (χ3n) is 1.86. The summed E-state index contributed by atoms with van der Waals surface area (Å²) in [5.41, 5.74) is -3.00. The van der Waals surface area contributed by atoms with E-state index in [0.29, 0.717) is 0 Å². The highest BCUT2D eigenvalue weighted by atomic mass is 35.5. The van der Waals surface area contributed by atoms with Crippen LogP contribution in [0.5, 0.6) is 5.75 Å². The van der Waals surface area contributed by atoms with Gasteiger partial charge in [-0.05, 0) is 11.6 Å². The highest BCUT2D eigenvalue weighted by Crippen LogP contribution is 2.38. The Morgan fingerprint density at radius 1 is 1.65 bits per heavy atom. The molecule has 0 aliphatic carbocycles. The van der Waals surface area contributed by atoms with Crippen molar-refractivity contribution in [3.8, 4) is 5.75 Å². The Hall–Kier alpha value is -1.83. The number of nitro groups is 1. The number of aromatic nitrogens is 1. The van der Waals surface area contributed by atoms with Crippen LogP contribution in [0.4, 0.5) is 14.5 Å². The monoisotopic (exact) mass is 266 g/mol. The topological polar surface area (TPSA) is 82.3 Å². The Morgan fingerprint density at radius 2 is 2.24 bits per heavy atom. The van der Waals surface area contributed by atoms with E-state index in [4.69, 9.17) is 11.6 Å². The lowest BCUT2D eigenvalue weighted by Gasteiger charge is -2.08. The summed E-state index contributed by atoms with van der Waals surface area (Å²) in [5, 5.41) is 9.39. The van der Waals surface area contributed by atoms with Crippen LogP contribution in [0.3, 0.4) is 0 Å².